The molecule has 1 aliphatic heterocycles. The molecule has 0 spiro atoms. The van der Waals surface area contributed by atoms with Crippen LogP contribution in [0.4, 0.5) is 0 Å². The maximum Gasteiger partial charge on any atom is 0.335 e. The lowest BCUT2D eigenvalue weighted by Crippen LogP contribution is -2.21. The molecule has 1 aliphatic rings. The number of hydrogen-bond acceptors (Lipinski definition) is 5. The number of ether oxygens (including phenoxy) is 2. The number of rotatable bonds is 6. The predicted octanol–water partition coefficient (Wildman–Crippen LogP) is 4.08. The second-order valence-corrected chi connectivity index (χ2v) is 7.96. The van der Waals surface area contributed by atoms with Gasteiger partial charge in [0.25, 0.3) is 5.56 Å². The van der Waals surface area contributed by atoms with E-state index in [0.717, 1.165) is 11.1 Å². The first-order valence-corrected chi connectivity index (χ1v) is 10.2. The van der Waals surface area contributed by atoms with Crippen LogP contribution >= 0.6 is 0 Å². The van der Waals surface area contributed by atoms with Gasteiger partial charge in [0.1, 0.15) is 5.82 Å². The van der Waals surface area contributed by atoms with Crippen LogP contribution in [0.25, 0.3) is 22.6 Å². The highest BCUT2D eigenvalue weighted by Gasteiger charge is 2.21. The van der Waals surface area contributed by atoms with Crippen LogP contribution in [0.1, 0.15) is 42.0 Å². The maximum atomic E-state index is 12.9. The molecule has 2 heterocycles. The molecular weight excluding hydrogens is 396 g/mol. The molecule has 1 aromatic heterocycles. The lowest BCUT2D eigenvalue weighted by atomic mass is 10.1. The molecule has 0 atom stereocenters. The Labute approximate surface area is 179 Å². The predicted molar refractivity (Wildman–Crippen MR) is 119 cm³/mol. The molecule has 0 aliphatic carbocycles. The van der Waals surface area contributed by atoms with Crippen LogP contribution < -0.4 is 15.0 Å². The highest BCUT2D eigenvalue weighted by Crippen LogP contribution is 2.32. The van der Waals surface area contributed by atoms with Crippen molar-refractivity contribution in [1.29, 1.82) is 0 Å². The Kier molecular flexibility index (Phi) is 5.50. The Bertz CT molecular complexity index is 1260. The van der Waals surface area contributed by atoms with Gasteiger partial charge >= 0.3 is 5.97 Å². The summed E-state index contributed by atoms with van der Waals surface area (Å²) in [7, 11) is 1.61. The fourth-order valence-electron chi connectivity index (χ4n) is 3.64. The number of carboxylic acid groups (broad SMARTS) is 1. The van der Waals surface area contributed by atoms with Gasteiger partial charge in [-0.05, 0) is 59.9 Å². The monoisotopic (exact) mass is 420 g/mol. The van der Waals surface area contributed by atoms with Crippen molar-refractivity contribution >= 4 is 28.5 Å². The summed E-state index contributed by atoms with van der Waals surface area (Å²) in [5.74, 6) is 1.23. The fourth-order valence-corrected chi connectivity index (χ4v) is 3.64. The quantitative estimate of drug-likeness (QED) is 0.646. The lowest BCUT2D eigenvalue weighted by Gasteiger charge is -2.13. The smallest absolute Gasteiger partial charge is 0.335 e. The molecule has 0 fully saturated rings. The normalized spacial score (nSPS) is 14.3. The van der Waals surface area contributed by atoms with Crippen molar-refractivity contribution in [2.75, 3.05) is 13.7 Å². The minimum absolute atomic E-state index is 0.106. The Morgan fingerprint density at radius 3 is 2.74 bits per heavy atom. The van der Waals surface area contributed by atoms with Crippen molar-refractivity contribution in [2.45, 2.75) is 26.8 Å². The number of nitrogens with zero attached hydrogens (tertiary/aromatic N) is 2. The summed E-state index contributed by atoms with van der Waals surface area (Å²) in [6.07, 6.45) is 2.65. The molecule has 0 radical (unpaired) electrons. The van der Waals surface area contributed by atoms with Gasteiger partial charge in [0.2, 0.25) is 0 Å². The molecule has 31 heavy (non-hydrogen) atoms. The van der Waals surface area contributed by atoms with E-state index in [4.69, 9.17) is 9.47 Å². The third-order valence-electron chi connectivity index (χ3n) is 5.19. The van der Waals surface area contributed by atoms with Gasteiger partial charge in [0.05, 0.1) is 30.2 Å². The number of benzene rings is 2. The van der Waals surface area contributed by atoms with Crippen LogP contribution in [-0.4, -0.2) is 34.3 Å². The van der Waals surface area contributed by atoms with Gasteiger partial charge in [-0.2, -0.15) is 0 Å². The zero-order valence-corrected chi connectivity index (χ0v) is 17.7. The SMILES string of the molecule is COc1ccc(/C=C2/CCn3c2nc2cc(C(=O)O)ccc2c3=O)cc1OCC(C)C. The molecule has 7 heteroatoms. The first-order valence-electron chi connectivity index (χ1n) is 10.2. The van der Waals surface area contributed by atoms with Gasteiger partial charge in [0, 0.05) is 6.54 Å². The van der Waals surface area contributed by atoms with E-state index in [-0.39, 0.29) is 11.1 Å². The molecule has 2 aromatic carbocycles. The van der Waals surface area contributed by atoms with Crippen molar-refractivity contribution in [3.8, 4) is 11.5 Å². The van der Waals surface area contributed by atoms with Crippen LogP contribution in [0.2, 0.25) is 0 Å². The first kappa shape index (κ1) is 20.7. The van der Waals surface area contributed by atoms with Crippen molar-refractivity contribution in [2.24, 2.45) is 5.92 Å². The fraction of sp³-hybridized carbons (Fsp3) is 0.292. The highest BCUT2D eigenvalue weighted by molar-refractivity contribution is 5.93. The van der Waals surface area contributed by atoms with Crippen LogP contribution in [0.5, 0.6) is 11.5 Å². The molecule has 0 amide bonds. The summed E-state index contributed by atoms with van der Waals surface area (Å²) in [5, 5.41) is 9.68. The van der Waals surface area contributed by atoms with E-state index in [0.29, 0.717) is 53.7 Å². The number of fused-ring (bicyclic) bond motifs is 2. The second-order valence-electron chi connectivity index (χ2n) is 7.96. The highest BCUT2D eigenvalue weighted by atomic mass is 16.5. The second kappa shape index (κ2) is 8.26. The number of aromatic carboxylic acids is 1. The lowest BCUT2D eigenvalue weighted by molar-refractivity contribution is 0.0697. The third kappa shape index (κ3) is 4.03. The molecule has 3 aromatic rings. The van der Waals surface area contributed by atoms with Crippen LogP contribution in [0, 0.1) is 5.92 Å². The van der Waals surface area contributed by atoms with E-state index >= 15 is 0 Å². The van der Waals surface area contributed by atoms with Crippen molar-refractivity contribution in [1.82, 2.24) is 9.55 Å². The number of carboxylic acids is 1. The van der Waals surface area contributed by atoms with E-state index in [1.807, 2.05) is 24.3 Å². The summed E-state index contributed by atoms with van der Waals surface area (Å²) in [5.41, 5.74) is 2.17. The van der Waals surface area contributed by atoms with Crippen molar-refractivity contribution in [3.63, 3.8) is 0 Å². The van der Waals surface area contributed by atoms with Crippen molar-refractivity contribution in [3.05, 3.63) is 63.7 Å². The van der Waals surface area contributed by atoms with Gasteiger partial charge < -0.3 is 14.6 Å². The standard InChI is InChI=1S/C24H24N2O5/c1-14(2)13-31-21-11-15(4-7-20(21)30-3)10-16-8-9-26-22(16)25-19-12-17(24(28)29)5-6-18(19)23(26)27/h4-7,10-12,14H,8-9,13H2,1-3H3,(H,28,29)/b16-10-. The van der Waals surface area contributed by atoms with Gasteiger partial charge in [-0.15, -0.1) is 0 Å². The number of allylic oxidation sites excluding steroid dienone is 1. The molecule has 0 saturated heterocycles. The summed E-state index contributed by atoms with van der Waals surface area (Å²) in [4.78, 5) is 28.8. The van der Waals surface area contributed by atoms with E-state index in [9.17, 15) is 14.7 Å². The summed E-state index contributed by atoms with van der Waals surface area (Å²) < 4.78 is 12.9. The van der Waals surface area contributed by atoms with Crippen LogP contribution in [-0.2, 0) is 6.54 Å². The summed E-state index contributed by atoms with van der Waals surface area (Å²) in [6.45, 7) is 5.28. The van der Waals surface area contributed by atoms with Crippen LogP contribution in [0.15, 0.2) is 41.2 Å². The number of aromatic nitrogens is 2. The number of methoxy groups -OCH3 is 1. The van der Waals surface area contributed by atoms with Crippen molar-refractivity contribution < 1.29 is 19.4 Å². The number of carbonyl (C=O) groups is 1. The minimum atomic E-state index is -1.05. The molecule has 7 nitrogen and oxygen atoms in total. The minimum Gasteiger partial charge on any atom is -0.493 e. The number of hydrogen-bond donors (Lipinski definition) is 1. The Morgan fingerprint density at radius 2 is 2.03 bits per heavy atom. The van der Waals surface area contributed by atoms with E-state index in [1.165, 1.54) is 18.2 Å². The van der Waals surface area contributed by atoms with E-state index in [1.54, 1.807) is 11.7 Å². The molecule has 0 bridgehead atoms. The third-order valence-corrected chi connectivity index (χ3v) is 5.19. The van der Waals surface area contributed by atoms with E-state index in [2.05, 4.69) is 18.8 Å². The Morgan fingerprint density at radius 1 is 1.23 bits per heavy atom. The van der Waals surface area contributed by atoms with Gasteiger partial charge in [-0.25, -0.2) is 9.78 Å². The largest absolute Gasteiger partial charge is 0.493 e. The Balaban J connectivity index is 1.76. The van der Waals surface area contributed by atoms with Gasteiger partial charge in [0.15, 0.2) is 11.5 Å². The zero-order valence-electron chi connectivity index (χ0n) is 17.7. The zero-order chi connectivity index (χ0) is 22.1. The molecule has 1 N–H and O–H groups in total. The Hall–Kier alpha value is -3.61. The summed E-state index contributed by atoms with van der Waals surface area (Å²) >= 11 is 0. The molecule has 0 unspecified atom stereocenters. The molecular formula is C24H24N2O5. The molecule has 4 rings (SSSR count). The first-order chi connectivity index (χ1) is 14.9. The topological polar surface area (TPSA) is 90.7 Å². The average Bonchev–Trinajstić information content (AvgIpc) is 3.14. The van der Waals surface area contributed by atoms with Gasteiger partial charge in [-0.3, -0.25) is 9.36 Å². The maximum absolute atomic E-state index is 12.9. The van der Waals surface area contributed by atoms with Gasteiger partial charge in [-0.1, -0.05) is 19.9 Å². The molecule has 160 valence electrons. The average molecular weight is 420 g/mol. The summed E-state index contributed by atoms with van der Waals surface area (Å²) in [6, 6.07) is 10.1. The molecule has 0 saturated carbocycles. The van der Waals surface area contributed by atoms with Crippen LogP contribution in [0.3, 0.4) is 0 Å². The van der Waals surface area contributed by atoms with E-state index < -0.39 is 5.97 Å².